The van der Waals surface area contributed by atoms with Gasteiger partial charge < -0.3 is 19.9 Å². The predicted molar refractivity (Wildman–Crippen MR) is 93.4 cm³/mol. The van der Waals surface area contributed by atoms with Gasteiger partial charge >= 0.3 is 6.61 Å². The number of aliphatic imine (C=N–C) groups is 1. The zero-order chi connectivity index (χ0) is 18.9. The van der Waals surface area contributed by atoms with Gasteiger partial charge in [0, 0.05) is 38.0 Å². The van der Waals surface area contributed by atoms with Crippen LogP contribution in [0.3, 0.4) is 0 Å². The smallest absolute Gasteiger partial charge is 0.387 e. The van der Waals surface area contributed by atoms with Crippen molar-refractivity contribution in [1.29, 1.82) is 0 Å². The van der Waals surface area contributed by atoms with Gasteiger partial charge in [-0.25, -0.2) is 0 Å². The molecule has 1 aromatic heterocycles. The average molecular weight is 367 g/mol. The summed E-state index contributed by atoms with van der Waals surface area (Å²) in [6.45, 7) is 1.95. The van der Waals surface area contributed by atoms with E-state index < -0.39 is 6.61 Å². The molecule has 142 valence electrons. The first kappa shape index (κ1) is 19.6. The molecule has 1 heterocycles. The molecule has 0 aliphatic rings. The fourth-order valence-electron chi connectivity index (χ4n) is 2.15. The number of aromatic nitrogens is 2. The van der Waals surface area contributed by atoms with Gasteiger partial charge in [0.1, 0.15) is 5.75 Å². The molecule has 0 amide bonds. The largest absolute Gasteiger partial charge is 0.434 e. The lowest BCUT2D eigenvalue weighted by Gasteiger charge is -2.14. The van der Waals surface area contributed by atoms with Crippen molar-refractivity contribution in [2.75, 3.05) is 13.6 Å². The van der Waals surface area contributed by atoms with Gasteiger partial charge in [0.15, 0.2) is 11.8 Å². The first-order valence-corrected chi connectivity index (χ1v) is 8.29. The molecular weight excluding hydrogens is 344 g/mol. The van der Waals surface area contributed by atoms with Crippen molar-refractivity contribution >= 4 is 5.96 Å². The van der Waals surface area contributed by atoms with Crippen molar-refractivity contribution in [3.8, 4) is 5.75 Å². The fraction of sp³-hybridized carbons (Fsp3) is 0.471. The number of guanidine groups is 1. The molecule has 0 spiro atoms. The van der Waals surface area contributed by atoms with Crippen molar-refractivity contribution in [2.45, 2.75) is 39.3 Å². The minimum atomic E-state index is -2.86. The number of halogens is 2. The molecule has 2 aromatic rings. The van der Waals surface area contributed by atoms with Crippen LogP contribution in [-0.4, -0.2) is 36.3 Å². The first-order valence-electron chi connectivity index (χ1n) is 8.29. The molecule has 9 heteroatoms. The van der Waals surface area contributed by atoms with Gasteiger partial charge in [0.05, 0.1) is 0 Å². The van der Waals surface area contributed by atoms with Crippen LogP contribution < -0.4 is 15.4 Å². The summed E-state index contributed by atoms with van der Waals surface area (Å²) in [4.78, 5) is 8.40. The highest BCUT2D eigenvalue weighted by atomic mass is 19.3. The molecule has 0 saturated carbocycles. The van der Waals surface area contributed by atoms with Gasteiger partial charge in [-0.3, -0.25) is 4.99 Å². The zero-order valence-corrected chi connectivity index (χ0v) is 15.0. The average Bonchev–Trinajstić information content (AvgIpc) is 3.08. The molecule has 0 fully saturated rings. The van der Waals surface area contributed by atoms with Crippen LogP contribution in [0.15, 0.2) is 33.8 Å². The van der Waals surface area contributed by atoms with E-state index in [0.29, 0.717) is 42.7 Å². The standard InChI is InChI=1S/C17H23F2N5O2/c1-11(2)15-23-14(26-24-15)8-9-21-17(20-3)22-10-12-6-4-5-7-13(12)25-16(18)19/h4-7,11,16H,8-10H2,1-3H3,(H2,20,21,22). The molecule has 0 bridgehead atoms. The molecule has 0 aliphatic heterocycles. The van der Waals surface area contributed by atoms with E-state index in [4.69, 9.17) is 4.52 Å². The fourth-order valence-corrected chi connectivity index (χ4v) is 2.15. The molecule has 0 radical (unpaired) electrons. The van der Waals surface area contributed by atoms with E-state index in [-0.39, 0.29) is 11.7 Å². The minimum Gasteiger partial charge on any atom is -0.434 e. The summed E-state index contributed by atoms with van der Waals surface area (Å²) in [5.41, 5.74) is 0.606. The summed E-state index contributed by atoms with van der Waals surface area (Å²) in [7, 11) is 1.63. The molecule has 2 N–H and O–H groups in total. The monoisotopic (exact) mass is 367 g/mol. The Bertz CT molecular complexity index is 719. The second kappa shape index (κ2) is 9.69. The normalized spacial score (nSPS) is 11.9. The van der Waals surface area contributed by atoms with Crippen molar-refractivity contribution < 1.29 is 18.0 Å². The maximum Gasteiger partial charge on any atom is 0.387 e. The SMILES string of the molecule is CN=C(NCCc1nc(C(C)C)no1)NCc1ccccc1OC(F)F. The Kier molecular flexibility index (Phi) is 7.31. The topological polar surface area (TPSA) is 84.6 Å². The second-order valence-corrected chi connectivity index (χ2v) is 5.79. The lowest BCUT2D eigenvalue weighted by molar-refractivity contribution is -0.0504. The van der Waals surface area contributed by atoms with Gasteiger partial charge in [-0.1, -0.05) is 37.2 Å². The van der Waals surface area contributed by atoms with E-state index in [0.717, 1.165) is 0 Å². The number of alkyl halides is 2. The second-order valence-electron chi connectivity index (χ2n) is 5.79. The molecule has 0 unspecified atom stereocenters. The first-order chi connectivity index (χ1) is 12.5. The van der Waals surface area contributed by atoms with Crippen LogP contribution in [0.4, 0.5) is 8.78 Å². The maximum absolute atomic E-state index is 12.4. The van der Waals surface area contributed by atoms with Crippen LogP contribution in [0.2, 0.25) is 0 Å². The summed E-state index contributed by atoms with van der Waals surface area (Å²) in [5, 5.41) is 10.1. The third-order valence-electron chi connectivity index (χ3n) is 3.49. The molecule has 1 aromatic carbocycles. The number of para-hydroxylation sites is 1. The molecular formula is C17H23F2N5O2. The Hall–Kier alpha value is -2.71. The lowest BCUT2D eigenvalue weighted by Crippen LogP contribution is -2.38. The summed E-state index contributed by atoms with van der Waals surface area (Å²) in [5.74, 6) is 2.11. The summed E-state index contributed by atoms with van der Waals surface area (Å²) >= 11 is 0. The molecule has 7 nitrogen and oxygen atoms in total. The van der Waals surface area contributed by atoms with Crippen molar-refractivity contribution in [3.05, 3.63) is 41.5 Å². The molecule has 2 rings (SSSR count). The van der Waals surface area contributed by atoms with Crippen LogP contribution in [0.25, 0.3) is 0 Å². The van der Waals surface area contributed by atoms with Crippen molar-refractivity contribution in [1.82, 2.24) is 20.8 Å². The summed E-state index contributed by atoms with van der Waals surface area (Å²) in [6.07, 6.45) is 0.547. The highest BCUT2D eigenvalue weighted by Crippen LogP contribution is 2.19. The minimum absolute atomic E-state index is 0.137. The maximum atomic E-state index is 12.4. The van der Waals surface area contributed by atoms with E-state index in [1.54, 1.807) is 25.2 Å². The van der Waals surface area contributed by atoms with Crippen LogP contribution in [0.1, 0.15) is 37.0 Å². The highest BCUT2D eigenvalue weighted by molar-refractivity contribution is 5.79. The number of benzene rings is 1. The number of nitrogens with one attached hydrogen (secondary N) is 2. The number of hydrogen-bond donors (Lipinski definition) is 2. The molecule has 26 heavy (non-hydrogen) atoms. The number of nitrogens with zero attached hydrogens (tertiary/aromatic N) is 3. The quantitative estimate of drug-likeness (QED) is 0.551. The van der Waals surface area contributed by atoms with E-state index in [2.05, 4.69) is 30.5 Å². The lowest BCUT2D eigenvalue weighted by atomic mass is 10.2. The van der Waals surface area contributed by atoms with Crippen molar-refractivity contribution in [3.63, 3.8) is 0 Å². The predicted octanol–water partition coefficient (Wildman–Crippen LogP) is 2.70. The highest BCUT2D eigenvalue weighted by Gasteiger charge is 2.11. The number of ether oxygens (including phenoxy) is 1. The Balaban J connectivity index is 1.82. The molecule has 0 aliphatic carbocycles. The van der Waals surface area contributed by atoms with E-state index in [9.17, 15) is 8.78 Å². The van der Waals surface area contributed by atoms with Crippen LogP contribution in [0, 0.1) is 0 Å². The summed E-state index contributed by atoms with van der Waals surface area (Å²) in [6, 6.07) is 6.61. The number of rotatable bonds is 8. The van der Waals surface area contributed by atoms with Gasteiger partial charge in [0.25, 0.3) is 0 Å². The van der Waals surface area contributed by atoms with Gasteiger partial charge in [-0.2, -0.15) is 13.8 Å². The van der Waals surface area contributed by atoms with Gasteiger partial charge in [-0.05, 0) is 6.07 Å². The Morgan fingerprint density at radius 1 is 1.27 bits per heavy atom. The van der Waals surface area contributed by atoms with Gasteiger partial charge in [-0.15, -0.1) is 0 Å². The summed E-state index contributed by atoms with van der Waals surface area (Å²) < 4.78 is 34.6. The molecule has 0 saturated heterocycles. The molecule has 0 atom stereocenters. The van der Waals surface area contributed by atoms with Crippen LogP contribution in [0.5, 0.6) is 5.75 Å². The van der Waals surface area contributed by atoms with E-state index in [1.807, 2.05) is 13.8 Å². The third kappa shape index (κ3) is 5.98. The van der Waals surface area contributed by atoms with Crippen LogP contribution in [-0.2, 0) is 13.0 Å². The zero-order valence-electron chi connectivity index (χ0n) is 15.0. The van der Waals surface area contributed by atoms with Crippen LogP contribution >= 0.6 is 0 Å². The van der Waals surface area contributed by atoms with Crippen molar-refractivity contribution in [2.24, 2.45) is 4.99 Å². The van der Waals surface area contributed by atoms with E-state index in [1.165, 1.54) is 6.07 Å². The number of hydrogen-bond acceptors (Lipinski definition) is 5. The Labute approximate surface area is 150 Å². The van der Waals surface area contributed by atoms with Gasteiger partial charge in [0.2, 0.25) is 5.89 Å². The van der Waals surface area contributed by atoms with E-state index >= 15 is 0 Å². The Morgan fingerprint density at radius 3 is 2.69 bits per heavy atom. The Morgan fingerprint density at radius 2 is 2.04 bits per heavy atom. The third-order valence-corrected chi connectivity index (χ3v) is 3.49.